The van der Waals surface area contributed by atoms with Gasteiger partial charge in [0.15, 0.2) is 5.16 Å². The van der Waals surface area contributed by atoms with Gasteiger partial charge >= 0.3 is 0 Å². The topological polar surface area (TPSA) is 103 Å². The zero-order chi connectivity index (χ0) is 20.8. The van der Waals surface area contributed by atoms with Crippen molar-refractivity contribution in [3.63, 3.8) is 0 Å². The number of nitrogens with zero attached hydrogens (tertiary/aromatic N) is 4. The van der Waals surface area contributed by atoms with Crippen LogP contribution >= 0.6 is 23.4 Å². The van der Waals surface area contributed by atoms with Gasteiger partial charge in [-0.15, -0.1) is 16.8 Å². The van der Waals surface area contributed by atoms with E-state index >= 15 is 0 Å². The molecular formula is C19H22ClN5O3S. The lowest BCUT2D eigenvalue weighted by Gasteiger charge is -2.21. The van der Waals surface area contributed by atoms with Gasteiger partial charge in [0.25, 0.3) is 5.69 Å². The van der Waals surface area contributed by atoms with Crippen molar-refractivity contribution in [1.29, 1.82) is 0 Å². The third kappa shape index (κ3) is 5.36. The Morgan fingerprint density at radius 3 is 2.83 bits per heavy atom. The number of hydrogen-bond acceptors (Lipinski definition) is 6. The maximum atomic E-state index is 12.4. The second-order valence-electron chi connectivity index (χ2n) is 6.83. The van der Waals surface area contributed by atoms with Crippen LogP contribution in [0, 0.1) is 10.1 Å². The summed E-state index contributed by atoms with van der Waals surface area (Å²) in [5.41, 5.74) is -0.134. The molecule has 154 valence electrons. The van der Waals surface area contributed by atoms with E-state index in [1.54, 1.807) is 6.08 Å². The number of allylic oxidation sites excluding steroid dienone is 1. The van der Waals surface area contributed by atoms with E-state index in [2.05, 4.69) is 22.1 Å². The monoisotopic (exact) mass is 435 g/mol. The number of hydrogen-bond donors (Lipinski definition) is 1. The molecule has 0 saturated heterocycles. The molecule has 0 unspecified atom stereocenters. The molecule has 2 aromatic rings. The van der Waals surface area contributed by atoms with Gasteiger partial charge in [0.2, 0.25) is 5.91 Å². The van der Waals surface area contributed by atoms with Crippen molar-refractivity contribution in [1.82, 2.24) is 14.8 Å². The Morgan fingerprint density at radius 1 is 1.38 bits per heavy atom. The van der Waals surface area contributed by atoms with Crippen LogP contribution in [-0.4, -0.2) is 31.3 Å². The highest BCUT2D eigenvalue weighted by atomic mass is 35.5. The fraction of sp³-hybridized carbons (Fsp3) is 0.421. The standard InChI is InChI=1S/C19H22ClN5O3S/c1-2-10-24-18(13-6-4-3-5-7-13)22-23-19(24)29-12-17(26)21-15-9-8-14(20)11-16(15)25(27)28/h2,8-9,11,13H,1,3-7,10,12H2,(H,21,26). The number of nitro groups is 1. The highest BCUT2D eigenvalue weighted by Crippen LogP contribution is 2.33. The number of amides is 1. The van der Waals surface area contributed by atoms with Crippen molar-refractivity contribution in [2.45, 2.75) is 49.7 Å². The molecule has 29 heavy (non-hydrogen) atoms. The summed E-state index contributed by atoms with van der Waals surface area (Å²) in [6, 6.07) is 4.13. The van der Waals surface area contributed by atoms with Crippen LogP contribution in [0.25, 0.3) is 0 Å². The SMILES string of the molecule is C=CCn1c(SCC(=O)Nc2ccc(Cl)cc2[N+](=O)[O-])nnc1C1CCCCC1. The Bertz CT molecular complexity index is 911. The third-order valence-electron chi connectivity index (χ3n) is 4.79. The molecule has 1 aromatic carbocycles. The first kappa shape index (κ1) is 21.3. The lowest BCUT2D eigenvalue weighted by Crippen LogP contribution is -2.16. The van der Waals surface area contributed by atoms with Gasteiger partial charge < -0.3 is 9.88 Å². The van der Waals surface area contributed by atoms with Gasteiger partial charge in [-0.05, 0) is 25.0 Å². The summed E-state index contributed by atoms with van der Waals surface area (Å²) in [6.07, 6.45) is 7.62. The summed E-state index contributed by atoms with van der Waals surface area (Å²) in [7, 11) is 0. The first-order valence-corrected chi connectivity index (χ1v) is 10.8. The molecule has 0 bridgehead atoms. The molecule has 0 radical (unpaired) electrons. The molecule has 0 spiro atoms. The van der Waals surface area contributed by atoms with Crippen LogP contribution in [0.2, 0.25) is 5.02 Å². The summed E-state index contributed by atoms with van der Waals surface area (Å²) >= 11 is 7.05. The number of rotatable bonds is 8. The molecule has 1 amide bonds. The zero-order valence-electron chi connectivity index (χ0n) is 15.8. The van der Waals surface area contributed by atoms with Gasteiger partial charge in [0, 0.05) is 23.6 Å². The van der Waals surface area contributed by atoms with Gasteiger partial charge in [0.1, 0.15) is 11.5 Å². The van der Waals surface area contributed by atoms with E-state index in [0.29, 0.717) is 17.6 Å². The van der Waals surface area contributed by atoms with Crippen LogP contribution in [0.1, 0.15) is 43.8 Å². The van der Waals surface area contributed by atoms with Crippen LogP contribution in [0.5, 0.6) is 0 Å². The average Bonchev–Trinajstić information content (AvgIpc) is 3.11. The van der Waals surface area contributed by atoms with Gasteiger partial charge in [-0.2, -0.15) is 0 Å². The van der Waals surface area contributed by atoms with Crippen LogP contribution in [0.4, 0.5) is 11.4 Å². The molecule has 1 aliphatic rings. The molecule has 1 aromatic heterocycles. The van der Waals surface area contributed by atoms with Gasteiger partial charge in [-0.1, -0.05) is 48.7 Å². The first-order valence-electron chi connectivity index (χ1n) is 9.40. The molecule has 8 nitrogen and oxygen atoms in total. The molecule has 1 saturated carbocycles. The second-order valence-corrected chi connectivity index (χ2v) is 8.21. The fourth-order valence-corrected chi connectivity index (χ4v) is 4.37. The van der Waals surface area contributed by atoms with Gasteiger partial charge in [-0.3, -0.25) is 14.9 Å². The van der Waals surface area contributed by atoms with Crippen molar-refractivity contribution in [3.8, 4) is 0 Å². The predicted molar refractivity (Wildman–Crippen MR) is 114 cm³/mol. The number of thioether (sulfide) groups is 1. The van der Waals surface area contributed by atoms with Crippen molar-refractivity contribution < 1.29 is 9.72 Å². The molecular weight excluding hydrogens is 414 g/mol. The van der Waals surface area contributed by atoms with Gasteiger partial charge in [0.05, 0.1) is 10.7 Å². The van der Waals surface area contributed by atoms with Crippen LogP contribution < -0.4 is 5.32 Å². The lowest BCUT2D eigenvalue weighted by molar-refractivity contribution is -0.383. The Labute approximate surface area is 177 Å². The highest BCUT2D eigenvalue weighted by molar-refractivity contribution is 7.99. The maximum absolute atomic E-state index is 12.4. The Hall–Kier alpha value is -2.39. The third-order valence-corrected chi connectivity index (χ3v) is 5.99. The van der Waals surface area contributed by atoms with Crippen molar-refractivity contribution in [2.24, 2.45) is 0 Å². The fourth-order valence-electron chi connectivity index (χ4n) is 3.45. The number of carbonyl (C=O) groups is 1. The number of nitrogens with one attached hydrogen (secondary N) is 1. The lowest BCUT2D eigenvalue weighted by atomic mass is 9.89. The van der Waals surface area contributed by atoms with Crippen LogP contribution in [0.3, 0.4) is 0 Å². The summed E-state index contributed by atoms with van der Waals surface area (Å²) in [4.78, 5) is 22.9. The minimum Gasteiger partial charge on any atom is -0.320 e. The van der Waals surface area contributed by atoms with E-state index in [1.165, 1.54) is 49.2 Å². The summed E-state index contributed by atoms with van der Waals surface area (Å²) < 4.78 is 2.01. The smallest absolute Gasteiger partial charge is 0.294 e. The van der Waals surface area contributed by atoms with E-state index < -0.39 is 4.92 Å². The van der Waals surface area contributed by atoms with Crippen molar-refractivity contribution in [3.05, 3.63) is 51.8 Å². The molecule has 3 rings (SSSR count). The van der Waals surface area contributed by atoms with E-state index in [4.69, 9.17) is 11.6 Å². The quantitative estimate of drug-likeness (QED) is 0.276. The number of halogens is 1. The van der Waals surface area contributed by atoms with E-state index in [-0.39, 0.29) is 28.1 Å². The van der Waals surface area contributed by atoms with E-state index in [9.17, 15) is 14.9 Å². The molecule has 1 aliphatic carbocycles. The number of carbonyl (C=O) groups excluding carboxylic acids is 1. The molecule has 1 fully saturated rings. The highest BCUT2D eigenvalue weighted by Gasteiger charge is 2.23. The largest absolute Gasteiger partial charge is 0.320 e. The van der Waals surface area contributed by atoms with Crippen molar-refractivity contribution >= 4 is 40.6 Å². The minimum atomic E-state index is -0.578. The Balaban J connectivity index is 1.68. The molecule has 0 aliphatic heterocycles. The zero-order valence-corrected chi connectivity index (χ0v) is 17.4. The maximum Gasteiger partial charge on any atom is 0.294 e. The molecule has 0 atom stereocenters. The summed E-state index contributed by atoms with van der Waals surface area (Å²) in [6.45, 7) is 4.38. The predicted octanol–water partition coefficient (Wildman–Crippen LogP) is 4.80. The second kappa shape index (κ2) is 9.89. The van der Waals surface area contributed by atoms with Crippen LogP contribution in [-0.2, 0) is 11.3 Å². The average molecular weight is 436 g/mol. The summed E-state index contributed by atoms with van der Waals surface area (Å²) in [5.74, 6) is 1.02. The molecule has 1 N–H and O–H groups in total. The molecule has 10 heteroatoms. The summed E-state index contributed by atoms with van der Waals surface area (Å²) in [5, 5.41) is 23.3. The van der Waals surface area contributed by atoms with Gasteiger partial charge in [-0.25, -0.2) is 0 Å². The number of nitro benzene ring substituents is 1. The van der Waals surface area contributed by atoms with Crippen molar-refractivity contribution in [2.75, 3.05) is 11.1 Å². The number of benzene rings is 1. The van der Waals surface area contributed by atoms with Crippen LogP contribution in [0.15, 0.2) is 36.0 Å². The first-order chi connectivity index (χ1) is 14.0. The van der Waals surface area contributed by atoms with E-state index in [1.807, 2.05) is 4.57 Å². The molecule has 1 heterocycles. The van der Waals surface area contributed by atoms with E-state index in [0.717, 1.165) is 18.7 Å². The number of anilines is 1. The Morgan fingerprint density at radius 2 is 2.14 bits per heavy atom. The normalized spacial score (nSPS) is 14.5. The Kier molecular flexibility index (Phi) is 7.27. The minimum absolute atomic E-state index is 0.0553. The number of aromatic nitrogens is 3.